The van der Waals surface area contributed by atoms with Gasteiger partial charge in [-0.15, -0.1) is 0 Å². The van der Waals surface area contributed by atoms with Crippen LogP contribution in [0.3, 0.4) is 0 Å². The van der Waals surface area contributed by atoms with Crippen LogP contribution >= 0.6 is 0 Å². The molecule has 0 atom stereocenters. The van der Waals surface area contributed by atoms with Crippen molar-refractivity contribution in [3.05, 3.63) is 18.6 Å². The quantitative estimate of drug-likeness (QED) is 0.517. The molecule has 0 bridgehead atoms. The summed E-state index contributed by atoms with van der Waals surface area (Å²) in [6, 6.07) is 0. The van der Waals surface area contributed by atoms with Gasteiger partial charge in [0.2, 0.25) is 0 Å². The molecule has 13 heavy (non-hydrogen) atoms. The molecule has 6 heteroatoms. The lowest BCUT2D eigenvalue weighted by Gasteiger charge is -1.97. The van der Waals surface area contributed by atoms with Crippen LogP contribution in [-0.2, 0) is 4.79 Å². The van der Waals surface area contributed by atoms with Gasteiger partial charge in [-0.05, 0) is 6.92 Å². The molecule has 2 N–H and O–H groups in total. The molecule has 1 aromatic rings. The standard InChI is InChI=1S/C7H8N4O2/c1-5(7(12)13)10-11-6-4-8-2-3-9-6/h2-4H,1H3,(H,9,11)(H,12,13). The van der Waals surface area contributed by atoms with Gasteiger partial charge in [0.1, 0.15) is 5.71 Å². The second kappa shape index (κ2) is 4.15. The Morgan fingerprint density at radius 1 is 1.62 bits per heavy atom. The summed E-state index contributed by atoms with van der Waals surface area (Å²) in [7, 11) is 0. The summed E-state index contributed by atoms with van der Waals surface area (Å²) >= 11 is 0. The van der Waals surface area contributed by atoms with E-state index in [9.17, 15) is 4.79 Å². The molecule has 0 aromatic carbocycles. The first kappa shape index (κ1) is 9.11. The van der Waals surface area contributed by atoms with Crippen LogP contribution in [0.5, 0.6) is 0 Å². The van der Waals surface area contributed by atoms with E-state index in [0.29, 0.717) is 5.82 Å². The van der Waals surface area contributed by atoms with Crippen molar-refractivity contribution in [1.29, 1.82) is 0 Å². The van der Waals surface area contributed by atoms with Crippen LogP contribution < -0.4 is 5.43 Å². The van der Waals surface area contributed by atoms with Gasteiger partial charge in [0.05, 0.1) is 6.20 Å². The van der Waals surface area contributed by atoms with Crippen LogP contribution in [0.25, 0.3) is 0 Å². The Balaban J connectivity index is 2.62. The molecule has 0 aliphatic rings. The van der Waals surface area contributed by atoms with Crippen molar-refractivity contribution >= 4 is 17.5 Å². The van der Waals surface area contributed by atoms with E-state index in [1.165, 1.54) is 25.5 Å². The van der Waals surface area contributed by atoms with E-state index in [4.69, 9.17) is 5.11 Å². The van der Waals surface area contributed by atoms with Crippen molar-refractivity contribution in [3.8, 4) is 0 Å². The van der Waals surface area contributed by atoms with E-state index in [0.717, 1.165) is 0 Å². The number of aromatic nitrogens is 2. The minimum atomic E-state index is -1.07. The third kappa shape index (κ3) is 2.86. The van der Waals surface area contributed by atoms with Crippen LogP contribution in [0.1, 0.15) is 6.92 Å². The molecule has 1 aromatic heterocycles. The second-order valence-corrected chi connectivity index (χ2v) is 2.20. The Hall–Kier alpha value is -1.98. The molecule has 68 valence electrons. The summed E-state index contributed by atoms with van der Waals surface area (Å²) in [4.78, 5) is 17.9. The molecule has 0 saturated heterocycles. The molecule has 1 heterocycles. The molecule has 0 fully saturated rings. The van der Waals surface area contributed by atoms with E-state index in [2.05, 4.69) is 20.5 Å². The summed E-state index contributed by atoms with van der Waals surface area (Å²) in [6.45, 7) is 1.38. The fourth-order valence-electron chi connectivity index (χ4n) is 0.546. The van der Waals surface area contributed by atoms with Crippen molar-refractivity contribution in [2.45, 2.75) is 6.92 Å². The summed E-state index contributed by atoms with van der Waals surface area (Å²) in [5.74, 6) is -0.667. The van der Waals surface area contributed by atoms with Gasteiger partial charge in [-0.2, -0.15) is 5.10 Å². The van der Waals surface area contributed by atoms with Gasteiger partial charge in [0, 0.05) is 12.4 Å². The molecule has 0 aliphatic heterocycles. The Morgan fingerprint density at radius 3 is 2.92 bits per heavy atom. The fraction of sp³-hybridized carbons (Fsp3) is 0.143. The molecule has 0 spiro atoms. The predicted molar refractivity (Wildman–Crippen MR) is 46.4 cm³/mol. The number of nitrogens with zero attached hydrogens (tertiary/aromatic N) is 3. The smallest absolute Gasteiger partial charge is 0.351 e. The zero-order chi connectivity index (χ0) is 9.68. The molecule has 0 radical (unpaired) electrons. The topological polar surface area (TPSA) is 87.5 Å². The van der Waals surface area contributed by atoms with Crippen LogP contribution in [0.15, 0.2) is 23.7 Å². The zero-order valence-corrected chi connectivity index (χ0v) is 6.93. The third-order valence-corrected chi connectivity index (χ3v) is 1.21. The Kier molecular flexibility index (Phi) is 2.91. The highest BCUT2D eigenvalue weighted by molar-refractivity contribution is 6.34. The highest BCUT2D eigenvalue weighted by atomic mass is 16.4. The second-order valence-electron chi connectivity index (χ2n) is 2.20. The molecule has 0 aliphatic carbocycles. The fourth-order valence-corrected chi connectivity index (χ4v) is 0.546. The highest BCUT2D eigenvalue weighted by Crippen LogP contribution is 1.96. The minimum absolute atomic E-state index is 0.0364. The van der Waals surface area contributed by atoms with Gasteiger partial charge < -0.3 is 5.11 Å². The maximum Gasteiger partial charge on any atom is 0.351 e. The predicted octanol–water partition coefficient (Wildman–Crippen LogP) is 0.349. The molecule has 0 saturated carbocycles. The van der Waals surface area contributed by atoms with Gasteiger partial charge in [0.25, 0.3) is 0 Å². The first-order chi connectivity index (χ1) is 6.20. The highest BCUT2D eigenvalue weighted by Gasteiger charge is 2.00. The van der Waals surface area contributed by atoms with Crippen molar-refractivity contribution < 1.29 is 9.90 Å². The maximum absolute atomic E-state index is 10.3. The Morgan fingerprint density at radius 2 is 2.38 bits per heavy atom. The first-order valence-electron chi connectivity index (χ1n) is 3.50. The summed E-state index contributed by atoms with van der Waals surface area (Å²) in [6.07, 6.45) is 4.44. The van der Waals surface area contributed by atoms with E-state index >= 15 is 0 Å². The number of hydrogen-bond donors (Lipinski definition) is 2. The lowest BCUT2D eigenvalue weighted by atomic mass is 10.4. The minimum Gasteiger partial charge on any atom is -0.477 e. The number of carbonyl (C=O) groups is 1. The number of hydrazone groups is 1. The van der Waals surface area contributed by atoms with E-state index in [1.54, 1.807) is 0 Å². The van der Waals surface area contributed by atoms with Crippen LogP contribution in [-0.4, -0.2) is 26.8 Å². The van der Waals surface area contributed by atoms with Crippen LogP contribution in [0, 0.1) is 0 Å². The number of carboxylic acid groups (broad SMARTS) is 1. The largest absolute Gasteiger partial charge is 0.477 e. The average molecular weight is 180 g/mol. The number of hydrogen-bond acceptors (Lipinski definition) is 5. The zero-order valence-electron chi connectivity index (χ0n) is 6.93. The molecular weight excluding hydrogens is 172 g/mol. The van der Waals surface area contributed by atoms with Crippen molar-refractivity contribution in [3.63, 3.8) is 0 Å². The lowest BCUT2D eigenvalue weighted by Crippen LogP contribution is -2.10. The summed E-state index contributed by atoms with van der Waals surface area (Å²) < 4.78 is 0. The van der Waals surface area contributed by atoms with E-state index in [1.807, 2.05) is 0 Å². The lowest BCUT2D eigenvalue weighted by molar-refractivity contribution is -0.129. The number of aliphatic carboxylic acids is 1. The molecule has 0 amide bonds. The molecule has 1 rings (SSSR count). The monoisotopic (exact) mass is 180 g/mol. The van der Waals surface area contributed by atoms with E-state index < -0.39 is 5.97 Å². The van der Waals surface area contributed by atoms with Gasteiger partial charge in [-0.3, -0.25) is 10.4 Å². The van der Waals surface area contributed by atoms with Crippen molar-refractivity contribution in [1.82, 2.24) is 9.97 Å². The maximum atomic E-state index is 10.3. The van der Waals surface area contributed by atoms with Gasteiger partial charge in [-0.1, -0.05) is 0 Å². The van der Waals surface area contributed by atoms with Gasteiger partial charge >= 0.3 is 5.97 Å². The first-order valence-corrected chi connectivity index (χ1v) is 3.50. The van der Waals surface area contributed by atoms with Crippen molar-refractivity contribution in [2.24, 2.45) is 5.10 Å². The molecule has 0 unspecified atom stereocenters. The Labute approximate surface area is 74.3 Å². The summed E-state index contributed by atoms with van der Waals surface area (Å²) in [5, 5.41) is 12.0. The number of carboxylic acids is 1. The van der Waals surface area contributed by atoms with Gasteiger partial charge in [-0.25, -0.2) is 9.78 Å². The van der Waals surface area contributed by atoms with Crippen LogP contribution in [0.4, 0.5) is 5.82 Å². The normalized spacial score (nSPS) is 11.0. The molecular formula is C7H8N4O2. The van der Waals surface area contributed by atoms with Gasteiger partial charge in [0.15, 0.2) is 5.82 Å². The van der Waals surface area contributed by atoms with Crippen molar-refractivity contribution in [2.75, 3.05) is 5.43 Å². The average Bonchev–Trinajstić information content (AvgIpc) is 2.15. The molecule has 6 nitrogen and oxygen atoms in total. The number of anilines is 1. The third-order valence-electron chi connectivity index (χ3n) is 1.21. The number of rotatable bonds is 3. The van der Waals surface area contributed by atoms with Crippen LogP contribution in [0.2, 0.25) is 0 Å². The SMILES string of the molecule is CC(=NNc1cnccn1)C(=O)O. The number of nitrogens with one attached hydrogen (secondary N) is 1. The van der Waals surface area contributed by atoms with E-state index in [-0.39, 0.29) is 5.71 Å². The summed E-state index contributed by atoms with van der Waals surface area (Å²) in [5.41, 5.74) is 2.42. The Bertz CT molecular complexity index is 323.